The first-order valence-corrected chi connectivity index (χ1v) is 9.69. The Morgan fingerprint density at radius 3 is 2.83 bits per heavy atom. The van der Waals surface area contributed by atoms with E-state index < -0.39 is 29.5 Å². The number of thiocarbonyl (C=S) groups is 1. The van der Waals surface area contributed by atoms with E-state index in [9.17, 15) is 9.18 Å². The van der Waals surface area contributed by atoms with Crippen molar-refractivity contribution in [1.29, 1.82) is 0 Å². The van der Waals surface area contributed by atoms with Crippen LogP contribution in [0.4, 0.5) is 10.1 Å². The Morgan fingerprint density at radius 1 is 1.34 bits per heavy atom. The molecule has 3 unspecified atom stereocenters. The Morgan fingerprint density at radius 2 is 2.14 bits per heavy atom. The SMILES string of the molecule is CCOC(=O)C1C2NC(=S)N(c3cccc(F)c3)C1(C)Oc1ccc(OC)cc12. The van der Waals surface area contributed by atoms with Crippen LogP contribution in [0, 0.1) is 11.7 Å². The van der Waals surface area contributed by atoms with Gasteiger partial charge in [0.25, 0.3) is 0 Å². The number of methoxy groups -OCH3 is 1. The number of esters is 1. The van der Waals surface area contributed by atoms with E-state index in [-0.39, 0.29) is 6.61 Å². The number of nitrogens with one attached hydrogen (secondary N) is 1. The molecule has 3 atom stereocenters. The van der Waals surface area contributed by atoms with Gasteiger partial charge >= 0.3 is 5.97 Å². The number of ether oxygens (including phenoxy) is 3. The van der Waals surface area contributed by atoms with E-state index in [1.807, 2.05) is 6.07 Å². The molecule has 152 valence electrons. The molecule has 2 aromatic rings. The number of fused-ring (bicyclic) bond motifs is 4. The monoisotopic (exact) mass is 416 g/mol. The number of carbonyl (C=O) groups excluding carboxylic acids is 1. The number of hydrogen-bond donors (Lipinski definition) is 1. The summed E-state index contributed by atoms with van der Waals surface area (Å²) in [4.78, 5) is 14.6. The average Bonchev–Trinajstić information content (AvgIpc) is 2.67. The van der Waals surface area contributed by atoms with Gasteiger partial charge in [0.15, 0.2) is 5.11 Å². The second-order valence-corrected chi connectivity index (χ2v) is 7.42. The smallest absolute Gasteiger partial charge is 0.317 e. The summed E-state index contributed by atoms with van der Waals surface area (Å²) in [5.41, 5.74) is 0.0186. The van der Waals surface area contributed by atoms with Gasteiger partial charge in [0.05, 0.1) is 19.8 Å². The van der Waals surface area contributed by atoms with Crippen LogP contribution in [0.25, 0.3) is 0 Å². The lowest BCUT2D eigenvalue weighted by molar-refractivity contribution is -0.159. The minimum Gasteiger partial charge on any atom is -0.497 e. The second kappa shape index (κ2) is 7.18. The number of nitrogens with zero attached hydrogens (tertiary/aromatic N) is 1. The summed E-state index contributed by atoms with van der Waals surface area (Å²) < 4.78 is 31.0. The largest absolute Gasteiger partial charge is 0.497 e. The lowest BCUT2D eigenvalue weighted by atomic mass is 9.79. The van der Waals surface area contributed by atoms with Crippen LogP contribution in [-0.2, 0) is 9.53 Å². The van der Waals surface area contributed by atoms with Crippen LogP contribution in [0.2, 0.25) is 0 Å². The van der Waals surface area contributed by atoms with Crippen molar-refractivity contribution in [1.82, 2.24) is 5.32 Å². The number of hydrogen-bond acceptors (Lipinski definition) is 5. The van der Waals surface area contributed by atoms with Crippen molar-refractivity contribution in [2.45, 2.75) is 25.6 Å². The minimum absolute atomic E-state index is 0.230. The second-order valence-electron chi connectivity index (χ2n) is 7.03. The van der Waals surface area contributed by atoms with Gasteiger partial charge in [0.2, 0.25) is 5.72 Å². The maximum absolute atomic E-state index is 14.0. The molecule has 4 rings (SSSR count). The molecule has 1 saturated heterocycles. The maximum atomic E-state index is 14.0. The molecule has 0 aromatic heterocycles. The van der Waals surface area contributed by atoms with Gasteiger partial charge < -0.3 is 19.5 Å². The third-order valence-electron chi connectivity index (χ3n) is 5.31. The molecule has 2 heterocycles. The summed E-state index contributed by atoms with van der Waals surface area (Å²) in [6.45, 7) is 3.75. The van der Waals surface area contributed by atoms with Crippen molar-refractivity contribution in [3.63, 3.8) is 0 Å². The van der Waals surface area contributed by atoms with Crippen LogP contribution < -0.4 is 19.7 Å². The molecule has 0 aliphatic carbocycles. The highest BCUT2D eigenvalue weighted by Gasteiger charge is 2.60. The van der Waals surface area contributed by atoms with Crippen LogP contribution in [0.3, 0.4) is 0 Å². The quantitative estimate of drug-likeness (QED) is 0.604. The highest BCUT2D eigenvalue weighted by Crippen LogP contribution is 2.50. The highest BCUT2D eigenvalue weighted by molar-refractivity contribution is 7.80. The van der Waals surface area contributed by atoms with Crippen molar-refractivity contribution >= 4 is 29.0 Å². The van der Waals surface area contributed by atoms with E-state index >= 15 is 0 Å². The van der Waals surface area contributed by atoms with Crippen LogP contribution in [-0.4, -0.2) is 30.5 Å². The number of carbonyl (C=O) groups is 1. The van der Waals surface area contributed by atoms with Crippen LogP contribution in [0.15, 0.2) is 42.5 Å². The third-order valence-corrected chi connectivity index (χ3v) is 5.61. The summed E-state index contributed by atoms with van der Waals surface area (Å²) in [5.74, 6) is -0.361. The summed E-state index contributed by atoms with van der Waals surface area (Å²) in [6, 6.07) is 10.9. The van der Waals surface area contributed by atoms with Gasteiger partial charge in [-0.25, -0.2) is 4.39 Å². The normalized spacial score (nSPS) is 24.8. The Kier molecular flexibility index (Phi) is 4.82. The van der Waals surface area contributed by atoms with E-state index in [4.69, 9.17) is 26.4 Å². The number of halogens is 1. The Labute approximate surface area is 173 Å². The molecule has 29 heavy (non-hydrogen) atoms. The van der Waals surface area contributed by atoms with Crippen molar-refractivity contribution in [2.75, 3.05) is 18.6 Å². The fourth-order valence-electron chi connectivity index (χ4n) is 4.09. The maximum Gasteiger partial charge on any atom is 0.317 e. The van der Waals surface area contributed by atoms with Crippen LogP contribution >= 0.6 is 12.2 Å². The Balaban J connectivity index is 1.89. The van der Waals surface area contributed by atoms with E-state index in [0.717, 1.165) is 5.56 Å². The van der Waals surface area contributed by atoms with Crippen molar-refractivity contribution < 1.29 is 23.4 Å². The molecule has 0 spiro atoms. The van der Waals surface area contributed by atoms with Gasteiger partial charge in [0.1, 0.15) is 23.2 Å². The molecule has 1 fully saturated rings. The van der Waals surface area contributed by atoms with Crippen molar-refractivity contribution in [2.24, 2.45) is 5.92 Å². The summed E-state index contributed by atoms with van der Waals surface area (Å²) in [7, 11) is 1.57. The van der Waals surface area contributed by atoms with Crippen molar-refractivity contribution in [3.8, 4) is 11.5 Å². The van der Waals surface area contributed by atoms with Crippen LogP contribution in [0.1, 0.15) is 25.5 Å². The number of anilines is 1. The topological polar surface area (TPSA) is 60.0 Å². The zero-order valence-electron chi connectivity index (χ0n) is 16.3. The molecule has 0 radical (unpaired) electrons. The molecule has 2 aliphatic rings. The zero-order valence-corrected chi connectivity index (χ0v) is 17.1. The van der Waals surface area contributed by atoms with E-state index in [0.29, 0.717) is 22.3 Å². The van der Waals surface area contributed by atoms with Gasteiger partial charge in [-0.05, 0) is 62.5 Å². The molecule has 8 heteroatoms. The molecule has 1 N–H and O–H groups in total. The van der Waals surface area contributed by atoms with Gasteiger partial charge in [-0.15, -0.1) is 0 Å². The Bertz CT molecular complexity index is 985. The summed E-state index contributed by atoms with van der Waals surface area (Å²) in [6.07, 6.45) is 0. The average molecular weight is 416 g/mol. The summed E-state index contributed by atoms with van der Waals surface area (Å²) in [5, 5.41) is 3.57. The first kappa shape index (κ1) is 19.4. The molecule has 2 aromatic carbocycles. The highest BCUT2D eigenvalue weighted by atomic mass is 32.1. The number of rotatable bonds is 4. The molecule has 0 saturated carbocycles. The van der Waals surface area contributed by atoms with Crippen molar-refractivity contribution in [3.05, 3.63) is 53.8 Å². The van der Waals surface area contributed by atoms with E-state index in [1.165, 1.54) is 12.1 Å². The summed E-state index contributed by atoms with van der Waals surface area (Å²) >= 11 is 5.60. The lowest BCUT2D eigenvalue weighted by Crippen LogP contribution is -2.71. The molecule has 0 amide bonds. The first-order valence-electron chi connectivity index (χ1n) is 9.29. The molecular formula is C21H21FN2O4S. The molecule has 2 aliphatic heterocycles. The fraction of sp³-hybridized carbons (Fsp3) is 0.333. The number of benzene rings is 2. The van der Waals surface area contributed by atoms with E-state index in [1.54, 1.807) is 50.1 Å². The fourth-order valence-corrected chi connectivity index (χ4v) is 4.50. The van der Waals surface area contributed by atoms with E-state index in [2.05, 4.69) is 5.32 Å². The van der Waals surface area contributed by atoms with Gasteiger partial charge in [0, 0.05) is 11.3 Å². The van der Waals surface area contributed by atoms with Crippen LogP contribution in [0.5, 0.6) is 11.5 Å². The van der Waals surface area contributed by atoms with Gasteiger partial charge in [-0.3, -0.25) is 9.69 Å². The predicted molar refractivity (Wildman–Crippen MR) is 110 cm³/mol. The lowest BCUT2D eigenvalue weighted by Gasteiger charge is -2.55. The third kappa shape index (κ3) is 3.07. The standard InChI is InChI=1S/C21H21FN2O4S/c1-4-27-19(25)17-18-15-11-14(26-3)8-9-16(15)28-21(17,2)24(20(29)23-18)13-7-5-6-12(22)10-13/h5-11,17-18H,4H2,1-3H3,(H,23,29). The Hall–Kier alpha value is -2.87. The molecular weight excluding hydrogens is 395 g/mol. The minimum atomic E-state index is -1.21. The molecule has 2 bridgehead atoms. The van der Waals surface area contributed by atoms with Gasteiger partial charge in [-0.1, -0.05) is 6.07 Å². The predicted octanol–water partition coefficient (Wildman–Crippen LogP) is 3.56. The molecule has 6 nitrogen and oxygen atoms in total. The van der Waals surface area contributed by atoms with Gasteiger partial charge in [-0.2, -0.15) is 0 Å². The first-order chi connectivity index (χ1) is 13.9. The zero-order chi connectivity index (χ0) is 20.8.